The molecule has 4 aliphatic rings. The molecule has 0 bridgehead atoms. The Hall–Kier alpha value is -2.17. The molecule has 0 aliphatic carbocycles. The Kier molecular flexibility index (Phi) is 17.3. The SMILES string of the molecule is C=c1s/c(=C2/SC(c3sc(CC(O)COCCOCCOCCOCCCCCCCCCCCC)c4c3OCCO4)C3=C2OCCO3)c2c1OCCO2. The molecule has 6 rings (SSSR count). The highest BCUT2D eigenvalue weighted by Gasteiger charge is 2.43. The lowest BCUT2D eigenvalue weighted by atomic mass is 10.1. The van der Waals surface area contributed by atoms with E-state index in [1.165, 1.54) is 69.1 Å². The minimum atomic E-state index is -0.720. The first-order chi connectivity index (χ1) is 26.7. The minimum absolute atomic E-state index is 0.181. The molecule has 2 unspecified atom stereocenters. The number of thioether (sulfide) groups is 1. The van der Waals surface area contributed by atoms with Crippen molar-refractivity contribution >= 4 is 45.9 Å². The summed E-state index contributed by atoms with van der Waals surface area (Å²) in [7, 11) is 0. The van der Waals surface area contributed by atoms with Crippen molar-refractivity contribution < 1.29 is 52.5 Å². The number of aliphatic hydroxyl groups excluding tert-OH is 1. The average Bonchev–Trinajstić information content (AvgIpc) is 3.86. The van der Waals surface area contributed by atoms with E-state index in [9.17, 15) is 5.11 Å². The van der Waals surface area contributed by atoms with Crippen molar-refractivity contribution in [3.8, 4) is 23.0 Å². The van der Waals surface area contributed by atoms with E-state index in [1.54, 1.807) is 23.1 Å². The molecule has 0 radical (unpaired) electrons. The van der Waals surface area contributed by atoms with E-state index in [2.05, 4.69) is 13.5 Å². The van der Waals surface area contributed by atoms with Crippen molar-refractivity contribution in [2.45, 2.75) is 88.9 Å². The van der Waals surface area contributed by atoms with E-state index in [1.807, 2.05) is 0 Å². The van der Waals surface area contributed by atoms with Gasteiger partial charge in [-0.3, -0.25) is 0 Å². The summed E-state index contributed by atoms with van der Waals surface area (Å²) in [6.07, 6.45) is 12.9. The summed E-state index contributed by atoms with van der Waals surface area (Å²) in [4.78, 5) is 2.83. The summed E-state index contributed by atoms with van der Waals surface area (Å²) in [5, 5.41) is 10.8. The van der Waals surface area contributed by atoms with Gasteiger partial charge in [0.2, 0.25) is 0 Å². The third-order valence-corrected chi connectivity index (χ3v) is 13.2. The van der Waals surface area contributed by atoms with Crippen molar-refractivity contribution in [1.82, 2.24) is 0 Å². The van der Waals surface area contributed by atoms with Crippen LogP contribution in [0, 0.1) is 0 Å². The third kappa shape index (κ3) is 11.5. The monoisotopic (exact) mass is 810 g/mol. The average molecular weight is 811 g/mol. The molecule has 0 spiro atoms. The number of fused-ring (bicyclic) bond motifs is 2. The van der Waals surface area contributed by atoms with Crippen LogP contribution in [-0.4, -0.2) is 104 Å². The Morgan fingerprint density at radius 1 is 0.630 bits per heavy atom. The Balaban J connectivity index is 0.876. The number of aliphatic hydroxyl groups is 1. The van der Waals surface area contributed by atoms with Crippen molar-refractivity contribution in [3.63, 3.8) is 0 Å². The Labute approximate surface area is 331 Å². The van der Waals surface area contributed by atoms with Gasteiger partial charge >= 0.3 is 0 Å². The maximum Gasteiger partial charge on any atom is 0.181 e. The molecular formula is C40H58O11S3. The van der Waals surface area contributed by atoms with Gasteiger partial charge in [-0.05, 0) is 6.42 Å². The molecule has 6 heterocycles. The van der Waals surface area contributed by atoms with Gasteiger partial charge in [0, 0.05) is 13.0 Å². The van der Waals surface area contributed by atoms with Crippen molar-refractivity contribution in [2.24, 2.45) is 0 Å². The zero-order valence-electron chi connectivity index (χ0n) is 31.8. The second kappa shape index (κ2) is 22.5. The first-order valence-corrected chi connectivity index (χ1v) is 22.4. The fraction of sp³-hybridized carbons (Fsp3) is 0.700. The molecule has 1 N–H and O–H groups in total. The molecule has 0 aromatic carbocycles. The van der Waals surface area contributed by atoms with Crippen LogP contribution in [0.1, 0.15) is 86.1 Å². The first-order valence-electron chi connectivity index (χ1n) is 19.8. The van der Waals surface area contributed by atoms with Crippen LogP contribution in [0.2, 0.25) is 0 Å². The summed E-state index contributed by atoms with van der Waals surface area (Å²) < 4.78 is 61.2. The van der Waals surface area contributed by atoms with Crippen LogP contribution < -0.4 is 28.0 Å². The van der Waals surface area contributed by atoms with Gasteiger partial charge < -0.3 is 52.5 Å². The standard InChI is InChI=1S/C40H58O11S3/c1-3-4-5-6-7-8-9-10-11-12-13-42-14-15-43-16-17-44-18-19-45-27-29(41)26-30-32-34(49-23-21-47-32)38(53-30)40-36-35(50-24-25-51-36)39(54-40)37-33-31(28(2)52-37)46-20-22-48-33/h29,40-41H,2-27H2,1H3/b39-37+. The molecule has 2 atom stereocenters. The summed E-state index contributed by atoms with van der Waals surface area (Å²) in [6, 6.07) is 0. The van der Waals surface area contributed by atoms with E-state index in [-0.39, 0.29) is 11.9 Å². The van der Waals surface area contributed by atoms with E-state index in [0.717, 1.165) is 48.3 Å². The van der Waals surface area contributed by atoms with Gasteiger partial charge in [0.1, 0.15) is 44.9 Å². The smallest absolute Gasteiger partial charge is 0.181 e. The van der Waals surface area contributed by atoms with Gasteiger partial charge in [-0.2, -0.15) is 0 Å². The van der Waals surface area contributed by atoms with Crippen LogP contribution in [0.4, 0.5) is 0 Å². The second-order valence-electron chi connectivity index (χ2n) is 13.6. The maximum atomic E-state index is 10.9. The van der Waals surface area contributed by atoms with Gasteiger partial charge in [0.25, 0.3) is 0 Å². The number of thiophene rings is 2. The minimum Gasteiger partial charge on any atom is -0.489 e. The molecule has 2 aromatic rings. The normalized spacial score (nSPS) is 19.1. The number of rotatable bonds is 25. The molecule has 2 aromatic heterocycles. The number of hydrogen-bond donors (Lipinski definition) is 1. The molecule has 4 aliphatic heterocycles. The zero-order chi connectivity index (χ0) is 37.4. The number of ether oxygens (including phenoxy) is 10. The Bertz CT molecular complexity index is 1590. The van der Waals surface area contributed by atoms with E-state index < -0.39 is 6.10 Å². The summed E-state index contributed by atoms with van der Waals surface area (Å²) in [5.41, 5.74) is 0. The molecule has 0 saturated heterocycles. The van der Waals surface area contributed by atoms with Gasteiger partial charge in [-0.1, -0.05) is 71.3 Å². The van der Waals surface area contributed by atoms with E-state index >= 15 is 0 Å². The predicted octanol–water partition coefficient (Wildman–Crippen LogP) is 6.51. The summed E-state index contributed by atoms with van der Waals surface area (Å²) in [6.45, 7) is 13.3. The fourth-order valence-corrected chi connectivity index (χ4v) is 10.6. The van der Waals surface area contributed by atoms with Gasteiger partial charge in [0.05, 0.1) is 76.1 Å². The van der Waals surface area contributed by atoms with Gasteiger partial charge in [-0.25, -0.2) is 0 Å². The van der Waals surface area contributed by atoms with Crippen LogP contribution in [0.5, 0.6) is 23.0 Å². The lowest BCUT2D eigenvalue weighted by Gasteiger charge is -2.21. The predicted molar refractivity (Wildman–Crippen MR) is 213 cm³/mol. The van der Waals surface area contributed by atoms with Crippen LogP contribution in [0.15, 0.2) is 11.5 Å². The topological polar surface area (TPSA) is 113 Å². The second-order valence-corrected chi connectivity index (χ2v) is 17.0. The van der Waals surface area contributed by atoms with Crippen LogP contribution in [0.25, 0.3) is 11.5 Å². The van der Waals surface area contributed by atoms with Crippen molar-refractivity contribution in [3.05, 3.63) is 30.3 Å². The van der Waals surface area contributed by atoms with Crippen LogP contribution in [0.3, 0.4) is 0 Å². The lowest BCUT2D eigenvalue weighted by Crippen LogP contribution is -2.21. The molecule has 14 heteroatoms. The first kappa shape index (κ1) is 41.5. The molecular weight excluding hydrogens is 753 g/mol. The fourth-order valence-electron chi connectivity index (χ4n) is 6.70. The quantitative estimate of drug-likeness (QED) is 0.111. The largest absolute Gasteiger partial charge is 0.489 e. The van der Waals surface area contributed by atoms with Crippen molar-refractivity contribution in [2.75, 3.05) is 92.5 Å². The number of unbranched alkanes of at least 4 members (excludes halogenated alkanes) is 9. The molecule has 11 nitrogen and oxygen atoms in total. The number of hydrogen-bond acceptors (Lipinski definition) is 14. The highest BCUT2D eigenvalue weighted by Crippen LogP contribution is 2.60. The molecule has 0 saturated carbocycles. The lowest BCUT2D eigenvalue weighted by molar-refractivity contribution is -0.0167. The third-order valence-electron chi connectivity index (χ3n) is 9.38. The highest BCUT2D eigenvalue weighted by atomic mass is 32.2. The van der Waals surface area contributed by atoms with Gasteiger partial charge in [-0.15, -0.1) is 34.4 Å². The molecule has 54 heavy (non-hydrogen) atoms. The van der Waals surface area contributed by atoms with E-state index in [4.69, 9.17) is 47.4 Å². The van der Waals surface area contributed by atoms with Crippen LogP contribution >= 0.6 is 34.4 Å². The Morgan fingerprint density at radius 3 is 1.89 bits per heavy atom. The van der Waals surface area contributed by atoms with Crippen LogP contribution in [-0.2, 0) is 34.8 Å². The zero-order valence-corrected chi connectivity index (χ0v) is 34.2. The van der Waals surface area contributed by atoms with E-state index in [0.29, 0.717) is 109 Å². The highest BCUT2D eigenvalue weighted by molar-refractivity contribution is 8.09. The maximum absolute atomic E-state index is 10.9. The summed E-state index contributed by atoms with van der Waals surface area (Å²) >= 11 is 4.76. The van der Waals surface area contributed by atoms with Gasteiger partial charge in [0.15, 0.2) is 34.5 Å². The Morgan fingerprint density at radius 2 is 1.19 bits per heavy atom. The van der Waals surface area contributed by atoms with Crippen molar-refractivity contribution in [1.29, 1.82) is 0 Å². The molecule has 0 amide bonds. The molecule has 302 valence electrons. The summed E-state index contributed by atoms with van der Waals surface area (Å²) in [5.74, 6) is 4.29. The molecule has 0 fully saturated rings.